The van der Waals surface area contributed by atoms with E-state index in [9.17, 15) is 4.79 Å². The van der Waals surface area contributed by atoms with Gasteiger partial charge in [0.1, 0.15) is 0 Å². The number of anilines is 2. The molecule has 0 spiro atoms. The minimum atomic E-state index is -0.00323. The minimum Gasteiger partial charge on any atom is -0.466 e. The number of nitrogens with one attached hydrogen (secondary N) is 1. The molecule has 0 unspecified atom stereocenters. The van der Waals surface area contributed by atoms with Crippen LogP contribution in [0, 0.1) is 11.8 Å². The Kier molecular flexibility index (Phi) is 35.3. The van der Waals surface area contributed by atoms with E-state index < -0.39 is 0 Å². The molecule has 0 bridgehead atoms. The van der Waals surface area contributed by atoms with Gasteiger partial charge in [-0.15, -0.1) is 0 Å². The quantitative estimate of drug-likeness (QED) is 0.0496. The average Bonchev–Trinajstić information content (AvgIpc) is 3.59. The largest absolute Gasteiger partial charge is 0.466 e. The lowest BCUT2D eigenvalue weighted by molar-refractivity contribution is -0.144. The fraction of sp³-hybridized carbons (Fsp3) is 0.933. The lowest BCUT2D eigenvalue weighted by Crippen LogP contribution is -2.28. The Bertz CT molecular complexity index is 914. The van der Waals surface area contributed by atoms with Gasteiger partial charge in [-0.25, -0.2) is 0 Å². The summed E-state index contributed by atoms with van der Waals surface area (Å²) in [5, 5.41) is 7.05. The van der Waals surface area contributed by atoms with Crippen LogP contribution in [0.3, 0.4) is 0 Å². The number of hydrogen-bond acceptors (Lipinski definition) is 9. The molecule has 318 valence electrons. The van der Waals surface area contributed by atoms with Crippen LogP contribution < -0.4 is 11.1 Å². The second-order valence-electron chi connectivity index (χ2n) is 16.1. The lowest BCUT2D eigenvalue weighted by Gasteiger charge is -2.22. The number of aromatic nitrogens is 2. The average molecular weight is 764 g/mol. The number of carbonyl (C=O) groups is 1. The van der Waals surface area contributed by atoms with Crippen LogP contribution in [0.5, 0.6) is 0 Å². The van der Waals surface area contributed by atoms with Gasteiger partial charge in [0.05, 0.1) is 6.61 Å². The van der Waals surface area contributed by atoms with Crippen LogP contribution in [0.2, 0.25) is 0 Å². The van der Waals surface area contributed by atoms with Gasteiger partial charge in [-0.05, 0) is 81.6 Å². The van der Waals surface area contributed by atoms with E-state index in [1.54, 1.807) is 0 Å². The number of unbranched alkanes of at least 4 members (excludes halogenated alkanes) is 15. The van der Waals surface area contributed by atoms with E-state index in [0.29, 0.717) is 24.9 Å². The van der Waals surface area contributed by atoms with Crippen molar-refractivity contribution < 1.29 is 18.8 Å². The number of nitrogens with zero attached hydrogens (tertiary/aromatic N) is 3. The van der Waals surface area contributed by atoms with E-state index >= 15 is 0 Å². The summed E-state index contributed by atoms with van der Waals surface area (Å²) in [6.45, 7) is 15.7. The molecular formula is C45H89N5O4. The highest BCUT2D eigenvalue weighted by atomic mass is 16.5. The predicted octanol–water partition coefficient (Wildman–Crippen LogP) is 12.6. The zero-order valence-electron chi connectivity index (χ0n) is 36.2. The van der Waals surface area contributed by atoms with E-state index in [-0.39, 0.29) is 12.0 Å². The van der Waals surface area contributed by atoms with Gasteiger partial charge in [0.15, 0.2) is 0 Å². The summed E-state index contributed by atoms with van der Waals surface area (Å²) >= 11 is 0. The highest BCUT2D eigenvalue weighted by molar-refractivity contribution is 5.69. The molecule has 0 saturated carbocycles. The van der Waals surface area contributed by atoms with Gasteiger partial charge < -0.3 is 29.9 Å². The molecule has 3 N–H and O–H groups in total. The molecule has 0 amide bonds. The lowest BCUT2D eigenvalue weighted by atomic mass is 9.92. The third-order valence-electron chi connectivity index (χ3n) is 11.1. The summed E-state index contributed by atoms with van der Waals surface area (Å²) in [5.74, 6) is 2.04. The summed E-state index contributed by atoms with van der Waals surface area (Å²) in [4.78, 5) is 19.1. The van der Waals surface area contributed by atoms with Crippen molar-refractivity contribution in [3.8, 4) is 0 Å². The van der Waals surface area contributed by atoms with Crippen LogP contribution in [-0.4, -0.2) is 67.0 Å². The topological polar surface area (TPSA) is 116 Å². The Morgan fingerprint density at radius 1 is 0.611 bits per heavy atom. The summed E-state index contributed by atoms with van der Waals surface area (Å²) < 4.78 is 16.6. The van der Waals surface area contributed by atoms with E-state index in [2.05, 4.69) is 48.1 Å². The molecule has 0 radical (unpaired) electrons. The summed E-state index contributed by atoms with van der Waals surface area (Å²) in [7, 11) is 0. The van der Waals surface area contributed by atoms with Crippen molar-refractivity contribution in [2.75, 3.05) is 57.1 Å². The number of rotatable bonds is 42. The van der Waals surface area contributed by atoms with Crippen LogP contribution in [0.15, 0.2) is 4.52 Å². The first-order valence-electron chi connectivity index (χ1n) is 23.3. The molecule has 0 atom stereocenters. The maximum absolute atomic E-state index is 12.4. The Balaban J connectivity index is 2.22. The molecule has 0 aliphatic rings. The molecule has 0 aromatic carbocycles. The van der Waals surface area contributed by atoms with Crippen molar-refractivity contribution in [3.63, 3.8) is 0 Å². The Morgan fingerprint density at radius 2 is 1.13 bits per heavy atom. The zero-order chi connectivity index (χ0) is 39.2. The van der Waals surface area contributed by atoms with Crippen molar-refractivity contribution in [3.05, 3.63) is 0 Å². The third kappa shape index (κ3) is 31.3. The van der Waals surface area contributed by atoms with Crippen molar-refractivity contribution in [1.82, 2.24) is 15.0 Å². The molecule has 0 aliphatic heterocycles. The Hall–Kier alpha value is -1.87. The maximum atomic E-state index is 12.4. The Morgan fingerprint density at radius 3 is 1.70 bits per heavy atom. The molecule has 9 heteroatoms. The van der Waals surface area contributed by atoms with E-state index in [1.165, 1.54) is 154 Å². The van der Waals surface area contributed by atoms with E-state index in [4.69, 9.17) is 19.7 Å². The third-order valence-corrected chi connectivity index (χ3v) is 11.1. The second kappa shape index (κ2) is 38.0. The first-order chi connectivity index (χ1) is 26.5. The molecular weight excluding hydrogens is 675 g/mol. The smallest absolute Gasteiger partial charge is 0.320 e. The number of nitrogen functional groups attached to an aromatic ring is 1. The highest BCUT2D eigenvalue weighted by Crippen LogP contribution is 2.22. The van der Waals surface area contributed by atoms with E-state index in [1.807, 2.05) is 0 Å². The number of ether oxygens (including phenoxy) is 2. The first kappa shape index (κ1) is 50.1. The summed E-state index contributed by atoms with van der Waals surface area (Å²) in [6.07, 6.45) is 35.6. The van der Waals surface area contributed by atoms with Crippen LogP contribution in [-0.2, 0) is 14.3 Å². The molecule has 1 aromatic rings. The molecule has 0 aliphatic carbocycles. The molecule has 0 fully saturated rings. The van der Waals surface area contributed by atoms with E-state index in [0.717, 1.165) is 71.0 Å². The molecule has 54 heavy (non-hydrogen) atoms. The van der Waals surface area contributed by atoms with Gasteiger partial charge >= 0.3 is 12.0 Å². The predicted molar refractivity (Wildman–Crippen MR) is 229 cm³/mol. The highest BCUT2D eigenvalue weighted by Gasteiger charge is 2.12. The number of hydrogen-bond donors (Lipinski definition) is 2. The fourth-order valence-corrected chi connectivity index (χ4v) is 7.51. The van der Waals surface area contributed by atoms with Crippen molar-refractivity contribution in [1.29, 1.82) is 0 Å². The van der Waals surface area contributed by atoms with Crippen molar-refractivity contribution in [2.24, 2.45) is 11.8 Å². The monoisotopic (exact) mass is 764 g/mol. The maximum Gasteiger partial charge on any atom is 0.320 e. The van der Waals surface area contributed by atoms with Gasteiger partial charge in [0, 0.05) is 26.2 Å². The first-order valence-corrected chi connectivity index (χ1v) is 23.3. The van der Waals surface area contributed by atoms with Gasteiger partial charge in [0.25, 0.3) is 5.95 Å². The van der Waals surface area contributed by atoms with Crippen LogP contribution in [0.4, 0.5) is 12.0 Å². The van der Waals surface area contributed by atoms with Gasteiger partial charge in [0.2, 0.25) is 0 Å². The van der Waals surface area contributed by atoms with Gasteiger partial charge in [-0.2, -0.15) is 4.98 Å². The number of carbonyl (C=O) groups excluding carboxylic acids is 1. The SMILES string of the molecule is CCCCCC(CCCCC)CCOC(=O)CCCCCCCN(CCCCCCCCOCCC(CCCC)CCCC)CCCNc1noc(N)n1. The molecule has 9 nitrogen and oxygen atoms in total. The van der Waals surface area contributed by atoms with Crippen LogP contribution >= 0.6 is 0 Å². The summed E-state index contributed by atoms with van der Waals surface area (Å²) in [6, 6.07) is 0.0942. The van der Waals surface area contributed by atoms with Crippen LogP contribution in [0.1, 0.15) is 214 Å². The fourth-order valence-electron chi connectivity index (χ4n) is 7.51. The summed E-state index contributed by atoms with van der Waals surface area (Å²) in [5.41, 5.74) is 5.55. The van der Waals surface area contributed by atoms with Crippen LogP contribution in [0.25, 0.3) is 0 Å². The second-order valence-corrected chi connectivity index (χ2v) is 16.1. The number of nitrogens with two attached hydrogens (primary N) is 1. The normalized spacial score (nSPS) is 11.8. The van der Waals surface area contributed by atoms with Gasteiger partial charge in [-0.1, -0.05) is 163 Å². The Labute approximate surface area is 333 Å². The number of esters is 1. The van der Waals surface area contributed by atoms with Gasteiger partial charge in [-0.3, -0.25) is 4.79 Å². The molecule has 1 aromatic heterocycles. The zero-order valence-corrected chi connectivity index (χ0v) is 36.2. The molecule has 1 heterocycles. The van der Waals surface area contributed by atoms with Crippen molar-refractivity contribution in [2.45, 2.75) is 214 Å². The van der Waals surface area contributed by atoms with Crippen molar-refractivity contribution >= 4 is 17.9 Å². The minimum absolute atomic E-state index is 0.00323. The molecule has 0 saturated heterocycles. The molecule has 1 rings (SSSR count). The standard InChI is InChI=1S/C45H89N5O4/c1-5-9-20-29-42(30-21-10-6-2)33-40-53-43(51)31-22-16-15-18-24-36-50(37-26-34-47-45-48-44(46)54-49-45)35-23-17-13-14-19-25-38-52-39-32-41(27-11-7-3)28-12-8-4/h41-42H,5-40H2,1-4H3,(H3,46,47,48,49).